The van der Waals surface area contributed by atoms with E-state index in [0.717, 1.165) is 46.4 Å². The van der Waals surface area contributed by atoms with Crippen molar-refractivity contribution in [3.63, 3.8) is 0 Å². The second kappa shape index (κ2) is 14.9. The minimum atomic E-state index is -2.82. The number of pyridine rings is 2. The minimum Gasteiger partial charge on any atom is -0.481 e. The van der Waals surface area contributed by atoms with Crippen LogP contribution in [-0.4, -0.2) is 51.3 Å². The third kappa shape index (κ3) is 7.41. The first-order valence-corrected chi connectivity index (χ1v) is 15.3. The van der Waals surface area contributed by atoms with Crippen LogP contribution in [0.3, 0.4) is 0 Å². The summed E-state index contributed by atoms with van der Waals surface area (Å²) < 4.78 is 38.7. The van der Waals surface area contributed by atoms with E-state index in [0.29, 0.717) is 34.5 Å². The number of aryl methyl sites for hydroxylation is 1. The van der Waals surface area contributed by atoms with Crippen molar-refractivity contribution in [1.29, 1.82) is 0 Å². The van der Waals surface area contributed by atoms with Gasteiger partial charge in [-0.05, 0) is 49.1 Å². The molecule has 47 heavy (non-hydrogen) atoms. The highest BCUT2D eigenvalue weighted by molar-refractivity contribution is 6.36. The minimum absolute atomic E-state index is 0.0205. The number of hydrogen-bond donors (Lipinski definition) is 3. The van der Waals surface area contributed by atoms with Crippen molar-refractivity contribution in [3.8, 4) is 28.3 Å². The maximum absolute atomic E-state index is 13.6. The third-order valence-electron chi connectivity index (χ3n) is 7.81. The van der Waals surface area contributed by atoms with Gasteiger partial charge < -0.3 is 25.6 Å². The van der Waals surface area contributed by atoms with Gasteiger partial charge in [0.05, 0.1) is 42.1 Å². The molecule has 2 aromatic carbocycles. The summed E-state index contributed by atoms with van der Waals surface area (Å²) in [4.78, 5) is 21.6. The number of nitrogens with two attached hydrogens (primary N) is 1. The molecule has 0 radical (unpaired) electrons. The Kier molecular flexibility index (Phi) is 10.8. The molecule has 0 bridgehead atoms. The Morgan fingerprint density at radius 2 is 1.89 bits per heavy atom. The first kappa shape index (κ1) is 33.9. The summed E-state index contributed by atoms with van der Waals surface area (Å²) in [7, 11) is 3.02. The molecule has 1 fully saturated rings. The number of halogens is 3. The molecule has 0 amide bonds. The largest absolute Gasteiger partial charge is 0.481 e. The van der Waals surface area contributed by atoms with Gasteiger partial charge in [-0.1, -0.05) is 48.0 Å². The molecule has 5 aromatic rings. The lowest BCUT2D eigenvalue weighted by molar-refractivity contribution is -0.00535. The fourth-order valence-electron chi connectivity index (χ4n) is 5.28. The molecule has 1 atom stereocenters. The number of rotatable bonds is 7. The number of aromatic nitrogens is 4. The zero-order valence-electron chi connectivity index (χ0n) is 26.1. The number of fused-ring (bicyclic) bond motifs is 1. The van der Waals surface area contributed by atoms with Crippen LogP contribution < -0.4 is 21.3 Å². The van der Waals surface area contributed by atoms with Crippen LogP contribution in [0.15, 0.2) is 65.6 Å². The molecule has 3 aromatic heterocycles. The van der Waals surface area contributed by atoms with Gasteiger partial charge in [-0.3, -0.25) is 4.79 Å². The molecule has 6 rings (SSSR count). The van der Waals surface area contributed by atoms with Crippen LogP contribution in [0.2, 0.25) is 5.02 Å². The lowest BCUT2D eigenvalue weighted by Crippen LogP contribution is -2.21. The van der Waals surface area contributed by atoms with E-state index in [1.807, 2.05) is 49.4 Å². The van der Waals surface area contributed by atoms with E-state index in [9.17, 15) is 13.6 Å². The molecule has 4 heterocycles. The van der Waals surface area contributed by atoms with Crippen LogP contribution in [0.25, 0.3) is 33.2 Å². The Balaban J connectivity index is 0.000000549. The summed E-state index contributed by atoms with van der Waals surface area (Å²) in [5, 5.41) is 16.8. The number of aliphatic hydroxyl groups excluding tert-OH is 1. The number of nitrogens with zero attached hydrogens (tertiary/aromatic N) is 4. The smallest absolute Gasteiger partial charge is 0.280 e. The molecule has 0 aliphatic carbocycles. The first-order valence-electron chi connectivity index (χ1n) is 14.9. The molecule has 1 saturated heterocycles. The second-order valence-corrected chi connectivity index (χ2v) is 11.3. The van der Waals surface area contributed by atoms with E-state index in [1.54, 1.807) is 6.07 Å². The number of benzene rings is 2. The molecule has 246 valence electrons. The summed E-state index contributed by atoms with van der Waals surface area (Å²) in [6.45, 7) is 3.53. The molecule has 1 aliphatic heterocycles. The quantitative estimate of drug-likeness (QED) is 0.182. The number of hydrogen-bond acceptors (Lipinski definition) is 9. The predicted molar refractivity (Wildman–Crippen MR) is 178 cm³/mol. The monoisotopic (exact) mass is 664 g/mol. The molecular weight excluding hydrogens is 630 g/mol. The maximum Gasteiger partial charge on any atom is 0.280 e. The second-order valence-electron chi connectivity index (χ2n) is 10.9. The molecule has 13 heteroatoms. The zero-order valence-corrected chi connectivity index (χ0v) is 26.9. The van der Waals surface area contributed by atoms with Crippen molar-refractivity contribution >= 4 is 33.9 Å². The van der Waals surface area contributed by atoms with Crippen molar-refractivity contribution in [2.75, 3.05) is 25.6 Å². The third-order valence-corrected chi connectivity index (χ3v) is 8.22. The standard InChI is InChI=1S/C29H25ClF2N6O2.C5H10O2/c1-15-18(19-7-4-8-20(25(19)30)22-11-10-16(13-33)28(37-22)40-3)6-5-9-21(15)35-27-24-17(12-23(36-27)26(31)32)14-34-38(2)29(24)39;6-5-2-1-3-7-4-5/h4-12,14,26H,13,33H2,1-3H3,(H,35,36);5-6H,1-4H2. The number of anilines is 2. The molecule has 0 spiro atoms. The summed E-state index contributed by atoms with van der Waals surface area (Å²) in [6.07, 6.45) is 0.289. The number of nitrogens with one attached hydrogen (secondary N) is 1. The van der Waals surface area contributed by atoms with Crippen molar-refractivity contribution in [2.24, 2.45) is 12.8 Å². The van der Waals surface area contributed by atoms with Crippen LogP contribution in [0.5, 0.6) is 5.88 Å². The van der Waals surface area contributed by atoms with Gasteiger partial charge in [0.15, 0.2) is 0 Å². The average molecular weight is 665 g/mol. The van der Waals surface area contributed by atoms with Crippen molar-refractivity contribution in [1.82, 2.24) is 19.7 Å². The van der Waals surface area contributed by atoms with E-state index in [2.05, 4.69) is 20.4 Å². The van der Waals surface area contributed by atoms with Crippen molar-refractivity contribution in [2.45, 2.75) is 38.8 Å². The van der Waals surface area contributed by atoms with E-state index in [-0.39, 0.29) is 29.2 Å². The summed E-state index contributed by atoms with van der Waals surface area (Å²) in [6, 6.07) is 16.0. The van der Waals surface area contributed by atoms with E-state index >= 15 is 0 Å². The number of alkyl halides is 2. The summed E-state index contributed by atoms with van der Waals surface area (Å²) in [5.74, 6) is 0.447. The van der Waals surface area contributed by atoms with Crippen molar-refractivity contribution < 1.29 is 23.4 Å². The molecule has 10 nitrogen and oxygen atoms in total. The lowest BCUT2D eigenvalue weighted by atomic mass is 9.96. The van der Waals surface area contributed by atoms with Crippen LogP contribution in [-0.2, 0) is 18.3 Å². The van der Waals surface area contributed by atoms with Gasteiger partial charge in [0.25, 0.3) is 12.0 Å². The highest BCUT2D eigenvalue weighted by Gasteiger charge is 2.19. The Bertz CT molecular complexity index is 1950. The highest BCUT2D eigenvalue weighted by Crippen LogP contribution is 2.40. The van der Waals surface area contributed by atoms with E-state index in [1.165, 1.54) is 26.4 Å². The Hall–Kier alpha value is -4.49. The SMILES string of the molecule is COc1nc(-c2cccc(-c3cccc(Nc4nc(C(F)F)cc5cnn(C)c(=O)c45)c3C)c2Cl)ccc1CN.OC1CCCOC1. The summed E-state index contributed by atoms with van der Waals surface area (Å²) in [5.41, 5.74) is 9.85. The molecule has 1 unspecified atom stereocenters. The number of ether oxygens (including phenoxy) is 2. The van der Waals surface area contributed by atoms with Gasteiger partial charge in [-0.25, -0.2) is 23.4 Å². The van der Waals surface area contributed by atoms with Crippen LogP contribution in [0, 0.1) is 6.92 Å². The molecular formula is C34H35ClF2N6O4. The zero-order chi connectivity index (χ0) is 33.7. The van der Waals surface area contributed by atoms with Crippen LogP contribution >= 0.6 is 11.6 Å². The molecule has 1 aliphatic rings. The van der Waals surface area contributed by atoms with Gasteiger partial charge in [0.2, 0.25) is 5.88 Å². The fraction of sp³-hybridized carbons (Fsp3) is 0.294. The summed E-state index contributed by atoms with van der Waals surface area (Å²) >= 11 is 6.93. The lowest BCUT2D eigenvalue weighted by Gasteiger charge is -2.17. The Labute approximate surface area is 275 Å². The van der Waals surface area contributed by atoms with Crippen LogP contribution in [0.1, 0.15) is 36.1 Å². The highest BCUT2D eigenvalue weighted by atomic mass is 35.5. The van der Waals surface area contributed by atoms with Gasteiger partial charge >= 0.3 is 0 Å². The Morgan fingerprint density at radius 3 is 2.55 bits per heavy atom. The Morgan fingerprint density at radius 1 is 1.15 bits per heavy atom. The van der Waals surface area contributed by atoms with Gasteiger partial charge in [-0.15, -0.1) is 0 Å². The van der Waals surface area contributed by atoms with E-state index in [4.69, 9.17) is 31.9 Å². The number of aliphatic hydroxyl groups is 1. The van der Waals surface area contributed by atoms with Crippen molar-refractivity contribution in [3.05, 3.63) is 93.0 Å². The number of methoxy groups -OCH3 is 1. The van der Waals surface area contributed by atoms with Gasteiger partial charge in [-0.2, -0.15) is 5.10 Å². The average Bonchev–Trinajstić information content (AvgIpc) is 3.07. The normalized spacial score (nSPS) is 14.5. The van der Waals surface area contributed by atoms with Crippen LogP contribution in [0.4, 0.5) is 20.3 Å². The maximum atomic E-state index is 13.6. The topological polar surface area (TPSA) is 137 Å². The first-order chi connectivity index (χ1) is 22.6. The fourth-order valence-corrected chi connectivity index (χ4v) is 5.61. The predicted octanol–water partition coefficient (Wildman–Crippen LogP) is 6.33. The van der Waals surface area contributed by atoms with Gasteiger partial charge in [0, 0.05) is 48.0 Å². The van der Waals surface area contributed by atoms with E-state index < -0.39 is 17.7 Å². The van der Waals surface area contributed by atoms with Gasteiger partial charge in [0.1, 0.15) is 11.5 Å². The molecule has 4 N–H and O–H groups in total. The molecule has 0 saturated carbocycles.